The Balaban J connectivity index is 1.88. The van der Waals surface area contributed by atoms with Gasteiger partial charge in [-0.05, 0) is 12.0 Å². The highest BCUT2D eigenvalue weighted by atomic mass is 16.5. The highest BCUT2D eigenvalue weighted by Gasteiger charge is 2.24. The van der Waals surface area contributed by atoms with Gasteiger partial charge in [-0.25, -0.2) is 4.98 Å². The van der Waals surface area contributed by atoms with E-state index in [1.165, 1.54) is 19.5 Å². The van der Waals surface area contributed by atoms with E-state index >= 15 is 0 Å². The quantitative estimate of drug-likeness (QED) is 0.746. The SMILES string of the molecule is CCC1CN(Cc2ccnc(OC)n2)C1. The van der Waals surface area contributed by atoms with Crippen LogP contribution in [-0.2, 0) is 6.54 Å². The largest absolute Gasteiger partial charge is 0.467 e. The summed E-state index contributed by atoms with van der Waals surface area (Å²) in [6, 6.07) is 2.40. The summed E-state index contributed by atoms with van der Waals surface area (Å²) < 4.78 is 4.99. The van der Waals surface area contributed by atoms with E-state index in [1.54, 1.807) is 13.3 Å². The third kappa shape index (κ3) is 2.45. The zero-order valence-corrected chi connectivity index (χ0v) is 9.31. The summed E-state index contributed by atoms with van der Waals surface area (Å²) in [5.41, 5.74) is 1.04. The van der Waals surface area contributed by atoms with Gasteiger partial charge in [-0.3, -0.25) is 4.90 Å². The molecule has 1 aromatic heterocycles. The minimum atomic E-state index is 0.458. The highest BCUT2D eigenvalue weighted by Crippen LogP contribution is 2.20. The van der Waals surface area contributed by atoms with Gasteiger partial charge in [-0.15, -0.1) is 0 Å². The molecule has 0 aromatic carbocycles. The summed E-state index contributed by atoms with van der Waals surface area (Å²) in [6.45, 7) is 5.55. The molecule has 82 valence electrons. The van der Waals surface area contributed by atoms with Crippen LogP contribution in [0.1, 0.15) is 19.0 Å². The molecule has 15 heavy (non-hydrogen) atoms. The Hall–Kier alpha value is -1.16. The summed E-state index contributed by atoms with van der Waals surface area (Å²) in [5.74, 6) is 0.883. The van der Waals surface area contributed by atoms with Crippen LogP contribution in [0.4, 0.5) is 0 Å². The molecule has 0 aliphatic carbocycles. The molecule has 2 heterocycles. The smallest absolute Gasteiger partial charge is 0.316 e. The lowest BCUT2D eigenvalue weighted by molar-refractivity contribution is 0.0882. The Morgan fingerprint density at radius 3 is 3.00 bits per heavy atom. The van der Waals surface area contributed by atoms with Crippen LogP contribution in [0.15, 0.2) is 12.3 Å². The van der Waals surface area contributed by atoms with E-state index in [0.29, 0.717) is 6.01 Å². The number of aromatic nitrogens is 2. The number of hydrogen-bond donors (Lipinski definition) is 0. The van der Waals surface area contributed by atoms with Crippen molar-refractivity contribution in [3.8, 4) is 6.01 Å². The van der Waals surface area contributed by atoms with Crippen molar-refractivity contribution >= 4 is 0 Å². The van der Waals surface area contributed by atoms with Gasteiger partial charge < -0.3 is 4.74 Å². The molecule has 0 spiro atoms. The van der Waals surface area contributed by atoms with Gasteiger partial charge in [0, 0.05) is 25.8 Å². The van der Waals surface area contributed by atoms with Crippen molar-refractivity contribution in [2.24, 2.45) is 5.92 Å². The van der Waals surface area contributed by atoms with Crippen LogP contribution >= 0.6 is 0 Å². The second kappa shape index (κ2) is 4.57. The van der Waals surface area contributed by atoms with E-state index in [2.05, 4.69) is 21.8 Å². The lowest BCUT2D eigenvalue weighted by Crippen LogP contribution is -2.45. The van der Waals surface area contributed by atoms with Gasteiger partial charge in [0.15, 0.2) is 0 Å². The average Bonchev–Trinajstić information content (AvgIpc) is 2.23. The standard InChI is InChI=1S/C11H17N3O/c1-3-9-6-14(7-9)8-10-4-5-12-11(13-10)15-2/h4-5,9H,3,6-8H2,1-2H3. The zero-order chi connectivity index (χ0) is 10.7. The van der Waals surface area contributed by atoms with Crippen LogP contribution < -0.4 is 4.74 Å². The van der Waals surface area contributed by atoms with Gasteiger partial charge in [0.25, 0.3) is 0 Å². The van der Waals surface area contributed by atoms with Crippen LogP contribution in [0, 0.1) is 5.92 Å². The number of rotatable bonds is 4. The molecule has 0 unspecified atom stereocenters. The van der Waals surface area contributed by atoms with Gasteiger partial charge >= 0.3 is 6.01 Å². The van der Waals surface area contributed by atoms with Crippen molar-refractivity contribution < 1.29 is 4.74 Å². The summed E-state index contributed by atoms with van der Waals surface area (Å²) in [5, 5.41) is 0. The number of hydrogen-bond acceptors (Lipinski definition) is 4. The normalized spacial score (nSPS) is 17.5. The molecule has 0 saturated carbocycles. The Labute approximate surface area is 90.3 Å². The first kappa shape index (κ1) is 10.4. The van der Waals surface area contributed by atoms with Crippen molar-refractivity contribution in [2.75, 3.05) is 20.2 Å². The van der Waals surface area contributed by atoms with Crippen LogP contribution in [0.25, 0.3) is 0 Å². The average molecular weight is 207 g/mol. The fourth-order valence-electron chi connectivity index (χ4n) is 1.86. The molecule has 0 radical (unpaired) electrons. The number of likely N-dealkylation sites (tertiary alicyclic amines) is 1. The van der Waals surface area contributed by atoms with E-state index in [-0.39, 0.29) is 0 Å². The van der Waals surface area contributed by atoms with Crippen molar-refractivity contribution in [1.82, 2.24) is 14.9 Å². The molecular formula is C11H17N3O. The molecule has 0 atom stereocenters. The predicted molar refractivity (Wildman–Crippen MR) is 57.6 cm³/mol. The minimum Gasteiger partial charge on any atom is -0.467 e. The highest BCUT2D eigenvalue weighted by molar-refractivity contribution is 5.06. The fraction of sp³-hybridized carbons (Fsp3) is 0.636. The maximum atomic E-state index is 4.99. The first-order chi connectivity index (χ1) is 7.31. The Morgan fingerprint density at radius 1 is 1.53 bits per heavy atom. The van der Waals surface area contributed by atoms with Gasteiger partial charge in [0.2, 0.25) is 0 Å². The molecular weight excluding hydrogens is 190 g/mol. The molecule has 1 aliphatic heterocycles. The molecule has 0 N–H and O–H groups in total. The van der Waals surface area contributed by atoms with Gasteiger partial charge in [0.05, 0.1) is 12.8 Å². The van der Waals surface area contributed by atoms with Gasteiger partial charge in [0.1, 0.15) is 0 Å². The first-order valence-corrected chi connectivity index (χ1v) is 5.40. The number of methoxy groups -OCH3 is 1. The zero-order valence-electron chi connectivity index (χ0n) is 9.31. The summed E-state index contributed by atoms with van der Waals surface area (Å²) >= 11 is 0. The van der Waals surface area contributed by atoms with Crippen molar-refractivity contribution in [3.63, 3.8) is 0 Å². The molecule has 0 amide bonds. The number of nitrogens with zero attached hydrogens (tertiary/aromatic N) is 3. The topological polar surface area (TPSA) is 38.2 Å². The Kier molecular flexibility index (Phi) is 3.16. The molecule has 0 bridgehead atoms. The molecule has 4 nitrogen and oxygen atoms in total. The van der Waals surface area contributed by atoms with E-state index < -0.39 is 0 Å². The summed E-state index contributed by atoms with van der Waals surface area (Å²) in [6.07, 6.45) is 3.03. The number of ether oxygens (including phenoxy) is 1. The first-order valence-electron chi connectivity index (χ1n) is 5.40. The molecule has 2 rings (SSSR count). The Bertz CT molecular complexity index is 323. The Morgan fingerprint density at radius 2 is 2.33 bits per heavy atom. The molecule has 4 heteroatoms. The lowest BCUT2D eigenvalue weighted by atomic mass is 9.97. The second-order valence-electron chi connectivity index (χ2n) is 4.00. The van der Waals surface area contributed by atoms with Crippen LogP contribution in [-0.4, -0.2) is 35.1 Å². The maximum Gasteiger partial charge on any atom is 0.316 e. The van der Waals surface area contributed by atoms with E-state index in [4.69, 9.17) is 4.74 Å². The van der Waals surface area contributed by atoms with E-state index in [1.807, 2.05) is 6.07 Å². The van der Waals surface area contributed by atoms with Gasteiger partial charge in [-0.1, -0.05) is 13.3 Å². The van der Waals surface area contributed by atoms with E-state index in [0.717, 1.165) is 18.2 Å². The molecule has 1 aromatic rings. The monoisotopic (exact) mass is 207 g/mol. The van der Waals surface area contributed by atoms with Crippen LogP contribution in [0.3, 0.4) is 0 Å². The van der Waals surface area contributed by atoms with Crippen molar-refractivity contribution in [2.45, 2.75) is 19.9 Å². The maximum absolute atomic E-state index is 4.99. The summed E-state index contributed by atoms with van der Waals surface area (Å²) in [4.78, 5) is 10.7. The third-order valence-electron chi connectivity index (χ3n) is 2.87. The molecule has 1 fully saturated rings. The van der Waals surface area contributed by atoms with Crippen molar-refractivity contribution in [3.05, 3.63) is 18.0 Å². The van der Waals surface area contributed by atoms with Crippen LogP contribution in [0.5, 0.6) is 6.01 Å². The van der Waals surface area contributed by atoms with Gasteiger partial charge in [-0.2, -0.15) is 4.98 Å². The van der Waals surface area contributed by atoms with Crippen molar-refractivity contribution in [1.29, 1.82) is 0 Å². The summed E-state index contributed by atoms with van der Waals surface area (Å²) in [7, 11) is 1.59. The van der Waals surface area contributed by atoms with E-state index in [9.17, 15) is 0 Å². The third-order valence-corrected chi connectivity index (χ3v) is 2.87. The fourth-order valence-corrected chi connectivity index (χ4v) is 1.86. The molecule has 1 saturated heterocycles. The second-order valence-corrected chi connectivity index (χ2v) is 4.00. The molecule has 1 aliphatic rings. The van der Waals surface area contributed by atoms with Crippen LogP contribution in [0.2, 0.25) is 0 Å². The lowest BCUT2D eigenvalue weighted by Gasteiger charge is -2.38. The predicted octanol–water partition coefficient (Wildman–Crippen LogP) is 1.33. The minimum absolute atomic E-state index is 0.458.